The molecule has 0 spiro atoms. The van der Waals surface area contributed by atoms with Crippen LogP contribution in [0.25, 0.3) is 10.8 Å². The van der Waals surface area contributed by atoms with E-state index in [-0.39, 0.29) is 17.5 Å². The van der Waals surface area contributed by atoms with Gasteiger partial charge >= 0.3 is 0 Å². The maximum atomic E-state index is 13.3. The Bertz CT molecular complexity index is 832. The minimum atomic E-state index is -0.167. The van der Waals surface area contributed by atoms with Crippen LogP contribution in [0.5, 0.6) is 0 Å². The Labute approximate surface area is 140 Å². The first kappa shape index (κ1) is 15.4. The third-order valence-corrected chi connectivity index (χ3v) is 4.95. The molecule has 2 aliphatic rings. The van der Waals surface area contributed by atoms with Gasteiger partial charge in [0.25, 0.3) is 11.5 Å². The molecule has 2 aromatic rings. The molecule has 2 aliphatic heterocycles. The fourth-order valence-electron chi connectivity index (χ4n) is 3.87. The Balaban J connectivity index is 1.76. The monoisotopic (exact) mass is 327 g/mol. The maximum Gasteiger partial charge on any atom is 0.256 e. The molecule has 1 N–H and O–H groups in total. The normalized spacial score (nSPS) is 24.8. The van der Waals surface area contributed by atoms with Gasteiger partial charge in [-0.3, -0.25) is 9.59 Å². The van der Waals surface area contributed by atoms with Crippen LogP contribution in [0.3, 0.4) is 0 Å². The van der Waals surface area contributed by atoms with Crippen molar-refractivity contribution < 1.29 is 9.53 Å². The molecule has 2 saturated heterocycles. The van der Waals surface area contributed by atoms with Crippen molar-refractivity contribution in [3.63, 3.8) is 0 Å². The summed E-state index contributed by atoms with van der Waals surface area (Å²) in [5.41, 5.74) is 0.389. The molecule has 2 fully saturated rings. The third-order valence-electron chi connectivity index (χ3n) is 4.95. The molecule has 2 bridgehead atoms. The van der Waals surface area contributed by atoms with E-state index in [4.69, 9.17) is 4.74 Å². The highest BCUT2D eigenvalue weighted by Crippen LogP contribution is 2.23. The van der Waals surface area contributed by atoms with E-state index in [1.54, 1.807) is 12.3 Å². The van der Waals surface area contributed by atoms with Gasteiger partial charge in [0.15, 0.2) is 0 Å². The number of nitrogens with one attached hydrogen (secondary N) is 1. The second kappa shape index (κ2) is 6.03. The summed E-state index contributed by atoms with van der Waals surface area (Å²) >= 11 is 0. The van der Waals surface area contributed by atoms with Crippen molar-refractivity contribution in [2.24, 2.45) is 5.92 Å². The van der Waals surface area contributed by atoms with Gasteiger partial charge in [-0.2, -0.15) is 0 Å². The number of ether oxygens (including phenoxy) is 1. The molecule has 24 heavy (non-hydrogen) atoms. The fraction of sp³-hybridized carbons (Fsp3) is 0.444. The number of carbonyl (C=O) groups is 1. The Morgan fingerprint density at radius 1 is 1.17 bits per heavy atom. The Morgan fingerprint density at radius 2 is 1.96 bits per heavy atom. The Kier molecular flexibility index (Phi) is 3.86. The fourth-order valence-corrected chi connectivity index (χ4v) is 3.87. The average Bonchev–Trinajstić information content (AvgIpc) is 2.85. The SMILES string of the molecule is CN1C[C@@H]2COC[C@H](C1)N(C(=O)c1c[nH]c(=O)c3ccccc13)C2. The minimum Gasteiger partial charge on any atom is -0.379 e. The molecule has 1 aromatic carbocycles. The second-order valence-electron chi connectivity index (χ2n) is 6.81. The number of hydrogen-bond acceptors (Lipinski definition) is 4. The average molecular weight is 327 g/mol. The Morgan fingerprint density at radius 3 is 2.79 bits per heavy atom. The molecule has 0 unspecified atom stereocenters. The van der Waals surface area contributed by atoms with Crippen molar-refractivity contribution in [3.8, 4) is 0 Å². The highest BCUT2D eigenvalue weighted by molar-refractivity contribution is 6.06. The number of H-pyrrole nitrogens is 1. The van der Waals surface area contributed by atoms with Gasteiger partial charge in [-0.1, -0.05) is 18.2 Å². The zero-order valence-corrected chi connectivity index (χ0v) is 13.7. The van der Waals surface area contributed by atoms with Crippen molar-refractivity contribution in [1.29, 1.82) is 0 Å². The molecule has 0 saturated carbocycles. The molecule has 6 heteroatoms. The first-order chi connectivity index (χ1) is 11.6. The van der Waals surface area contributed by atoms with Crippen LogP contribution in [0.2, 0.25) is 0 Å². The summed E-state index contributed by atoms with van der Waals surface area (Å²) in [5, 5.41) is 1.26. The van der Waals surface area contributed by atoms with Gasteiger partial charge < -0.3 is 19.5 Å². The zero-order valence-electron chi connectivity index (χ0n) is 13.7. The van der Waals surface area contributed by atoms with E-state index in [9.17, 15) is 9.59 Å². The number of nitrogens with zero attached hydrogens (tertiary/aromatic N) is 2. The first-order valence-corrected chi connectivity index (χ1v) is 8.31. The standard InChI is InChI=1S/C18H21N3O3/c1-20-7-12-8-21(13(9-20)11-24-10-12)18(23)16-6-19-17(22)15-5-3-2-4-14(15)16/h2-6,12-13H,7-11H2,1H3,(H,19,22)/t12-,13-/m0/s1. The number of hydrogen-bond donors (Lipinski definition) is 1. The summed E-state index contributed by atoms with van der Waals surface area (Å²) in [6.45, 7) is 3.70. The number of pyridine rings is 1. The van der Waals surface area contributed by atoms with Crippen LogP contribution in [0.1, 0.15) is 10.4 Å². The molecule has 4 rings (SSSR count). The molecular weight excluding hydrogens is 306 g/mol. The predicted molar refractivity (Wildman–Crippen MR) is 91.2 cm³/mol. The highest BCUT2D eigenvalue weighted by Gasteiger charge is 2.35. The lowest BCUT2D eigenvalue weighted by Gasteiger charge is -2.30. The number of aromatic nitrogens is 1. The van der Waals surface area contributed by atoms with Gasteiger partial charge in [-0.05, 0) is 13.1 Å². The van der Waals surface area contributed by atoms with Crippen molar-refractivity contribution in [1.82, 2.24) is 14.8 Å². The van der Waals surface area contributed by atoms with E-state index in [1.807, 2.05) is 23.1 Å². The quantitative estimate of drug-likeness (QED) is 0.846. The molecule has 6 nitrogen and oxygen atoms in total. The van der Waals surface area contributed by atoms with Crippen molar-refractivity contribution >= 4 is 16.7 Å². The minimum absolute atomic E-state index is 0.0294. The van der Waals surface area contributed by atoms with E-state index >= 15 is 0 Å². The van der Waals surface area contributed by atoms with Gasteiger partial charge in [-0.15, -0.1) is 0 Å². The molecule has 1 aromatic heterocycles. The Hall–Kier alpha value is -2.18. The first-order valence-electron chi connectivity index (χ1n) is 8.31. The summed E-state index contributed by atoms with van der Waals surface area (Å²) in [5.74, 6) is 0.290. The van der Waals surface area contributed by atoms with Crippen molar-refractivity contribution in [2.45, 2.75) is 6.04 Å². The van der Waals surface area contributed by atoms with E-state index in [0.29, 0.717) is 42.0 Å². The molecule has 0 aliphatic carbocycles. The number of amides is 1. The van der Waals surface area contributed by atoms with Gasteiger partial charge in [0.2, 0.25) is 0 Å². The molecule has 126 valence electrons. The maximum absolute atomic E-state index is 13.3. The van der Waals surface area contributed by atoms with Gasteiger partial charge in [0.1, 0.15) is 0 Å². The van der Waals surface area contributed by atoms with Crippen molar-refractivity contribution in [3.05, 3.63) is 46.4 Å². The lowest BCUT2D eigenvalue weighted by molar-refractivity contribution is 0.0484. The topological polar surface area (TPSA) is 65.6 Å². The number of rotatable bonds is 1. The van der Waals surface area contributed by atoms with Crippen LogP contribution < -0.4 is 5.56 Å². The number of aromatic amines is 1. The number of benzene rings is 1. The second-order valence-corrected chi connectivity index (χ2v) is 6.81. The zero-order chi connectivity index (χ0) is 16.7. The molecule has 3 heterocycles. The van der Waals surface area contributed by atoms with E-state index in [0.717, 1.165) is 13.1 Å². The van der Waals surface area contributed by atoms with Crippen LogP contribution in [0.15, 0.2) is 35.3 Å². The highest BCUT2D eigenvalue weighted by atomic mass is 16.5. The van der Waals surface area contributed by atoms with Gasteiger partial charge in [0.05, 0.1) is 24.8 Å². The summed E-state index contributed by atoms with van der Waals surface area (Å²) in [4.78, 5) is 32.2. The molecule has 0 radical (unpaired) electrons. The van der Waals surface area contributed by atoms with Crippen LogP contribution in [-0.4, -0.2) is 66.6 Å². The largest absolute Gasteiger partial charge is 0.379 e. The predicted octanol–water partition coefficient (Wildman–Crippen LogP) is 0.931. The number of likely N-dealkylation sites (N-methyl/N-ethyl adjacent to an activating group) is 1. The van der Waals surface area contributed by atoms with Gasteiger partial charge in [0, 0.05) is 42.5 Å². The summed E-state index contributed by atoms with van der Waals surface area (Å²) in [7, 11) is 2.09. The van der Waals surface area contributed by atoms with E-state index in [2.05, 4.69) is 16.9 Å². The van der Waals surface area contributed by atoms with E-state index < -0.39 is 0 Å². The van der Waals surface area contributed by atoms with Gasteiger partial charge in [-0.25, -0.2) is 0 Å². The third kappa shape index (κ3) is 2.61. The molecule has 2 atom stereocenters. The summed E-state index contributed by atoms with van der Waals surface area (Å²) < 4.78 is 5.75. The number of carbonyl (C=O) groups excluding carboxylic acids is 1. The number of fused-ring (bicyclic) bond motifs is 4. The summed E-state index contributed by atoms with van der Waals surface area (Å²) in [6.07, 6.45) is 1.55. The van der Waals surface area contributed by atoms with Crippen molar-refractivity contribution in [2.75, 3.05) is 39.9 Å². The van der Waals surface area contributed by atoms with Crippen LogP contribution in [0.4, 0.5) is 0 Å². The molecular formula is C18H21N3O3. The molecule has 1 amide bonds. The van der Waals surface area contributed by atoms with E-state index in [1.165, 1.54) is 0 Å². The smallest absolute Gasteiger partial charge is 0.256 e. The lowest BCUT2D eigenvalue weighted by atomic mass is 10.1. The van der Waals surface area contributed by atoms with Crippen LogP contribution in [-0.2, 0) is 4.74 Å². The van der Waals surface area contributed by atoms with Crippen LogP contribution in [0, 0.1) is 5.92 Å². The lowest BCUT2D eigenvalue weighted by Crippen LogP contribution is -2.46. The summed E-state index contributed by atoms with van der Waals surface area (Å²) in [6, 6.07) is 7.30. The van der Waals surface area contributed by atoms with Crippen LogP contribution >= 0.6 is 0 Å².